The van der Waals surface area contributed by atoms with Crippen LogP contribution in [0.3, 0.4) is 0 Å². The van der Waals surface area contributed by atoms with Crippen molar-refractivity contribution in [2.75, 3.05) is 0 Å². The Morgan fingerprint density at radius 3 is 2.32 bits per heavy atom. The lowest BCUT2D eigenvalue weighted by atomic mass is 10.0. The Kier molecular flexibility index (Phi) is 6.63. The van der Waals surface area contributed by atoms with Crippen LogP contribution in [0.1, 0.15) is 55.5 Å². The van der Waals surface area contributed by atoms with Gasteiger partial charge in [-0.1, -0.05) is 55.8 Å². The maximum absolute atomic E-state index is 12.6. The van der Waals surface area contributed by atoms with E-state index in [4.69, 9.17) is 4.74 Å². The first-order chi connectivity index (χ1) is 11.9. The van der Waals surface area contributed by atoms with Gasteiger partial charge < -0.3 is 10.1 Å². The van der Waals surface area contributed by atoms with Crippen LogP contribution in [0.15, 0.2) is 42.5 Å². The number of carbonyl (C=O) groups excluding carboxylic acids is 1. The van der Waals surface area contributed by atoms with Crippen molar-refractivity contribution in [1.82, 2.24) is 5.32 Å². The fourth-order valence-corrected chi connectivity index (χ4v) is 2.84. The molecule has 0 aromatic heterocycles. The number of hydrogen-bond acceptors (Lipinski definition) is 2. The molecular formula is C22H29NO2. The third kappa shape index (κ3) is 5.09. The minimum absolute atomic E-state index is 0.0461. The smallest absolute Gasteiger partial charge is 0.261 e. The van der Waals surface area contributed by atoms with E-state index in [9.17, 15) is 4.79 Å². The zero-order chi connectivity index (χ0) is 18.4. The molecule has 0 fully saturated rings. The van der Waals surface area contributed by atoms with Gasteiger partial charge in [0.25, 0.3) is 5.91 Å². The molecule has 3 heteroatoms. The van der Waals surface area contributed by atoms with Gasteiger partial charge >= 0.3 is 0 Å². The van der Waals surface area contributed by atoms with Gasteiger partial charge in [0.05, 0.1) is 6.04 Å². The lowest BCUT2D eigenvalue weighted by molar-refractivity contribution is -0.128. The third-order valence-electron chi connectivity index (χ3n) is 4.51. The Hall–Kier alpha value is -2.29. The second-order valence-electron chi connectivity index (χ2n) is 6.61. The van der Waals surface area contributed by atoms with E-state index in [0.717, 1.165) is 23.3 Å². The van der Waals surface area contributed by atoms with Crippen LogP contribution in [0.5, 0.6) is 5.75 Å². The Labute approximate surface area is 151 Å². The van der Waals surface area contributed by atoms with Gasteiger partial charge in [-0.05, 0) is 56.4 Å². The van der Waals surface area contributed by atoms with Crippen LogP contribution in [0.25, 0.3) is 0 Å². The predicted molar refractivity (Wildman–Crippen MR) is 103 cm³/mol. The summed E-state index contributed by atoms with van der Waals surface area (Å²) in [6.45, 7) is 10.2. The highest BCUT2D eigenvalue weighted by atomic mass is 16.5. The normalized spacial score (nSPS) is 13.2. The highest BCUT2D eigenvalue weighted by molar-refractivity contribution is 5.81. The van der Waals surface area contributed by atoms with E-state index in [2.05, 4.69) is 42.6 Å². The summed E-state index contributed by atoms with van der Waals surface area (Å²) >= 11 is 0. The van der Waals surface area contributed by atoms with Crippen molar-refractivity contribution in [3.05, 3.63) is 64.7 Å². The van der Waals surface area contributed by atoms with E-state index in [1.807, 2.05) is 39.8 Å². The molecule has 3 nitrogen and oxygen atoms in total. The highest BCUT2D eigenvalue weighted by Gasteiger charge is 2.21. The van der Waals surface area contributed by atoms with Crippen LogP contribution in [0.4, 0.5) is 0 Å². The minimum Gasteiger partial charge on any atom is -0.480 e. The lowest BCUT2D eigenvalue weighted by Crippen LogP contribution is -2.39. The third-order valence-corrected chi connectivity index (χ3v) is 4.51. The first kappa shape index (κ1) is 19.0. The summed E-state index contributed by atoms with van der Waals surface area (Å²) in [5, 5.41) is 3.07. The molecule has 0 bridgehead atoms. The van der Waals surface area contributed by atoms with Gasteiger partial charge in [0.2, 0.25) is 0 Å². The zero-order valence-electron chi connectivity index (χ0n) is 15.9. The molecule has 134 valence electrons. The number of nitrogens with one attached hydrogen (secondary N) is 1. The molecule has 2 aromatic rings. The summed E-state index contributed by atoms with van der Waals surface area (Å²) in [7, 11) is 0. The molecule has 2 unspecified atom stereocenters. The van der Waals surface area contributed by atoms with E-state index in [1.165, 1.54) is 11.1 Å². The molecule has 0 aliphatic carbocycles. The summed E-state index contributed by atoms with van der Waals surface area (Å²) < 4.78 is 5.97. The number of hydrogen-bond donors (Lipinski definition) is 1. The van der Waals surface area contributed by atoms with Gasteiger partial charge in [0, 0.05) is 0 Å². The summed E-state index contributed by atoms with van der Waals surface area (Å²) in [6, 6.07) is 14.3. The predicted octanol–water partition coefficient (Wildman–Crippen LogP) is 4.90. The number of ether oxygens (including phenoxy) is 1. The average molecular weight is 339 g/mol. The van der Waals surface area contributed by atoms with E-state index in [1.54, 1.807) is 0 Å². The molecule has 2 atom stereocenters. The Morgan fingerprint density at radius 1 is 1.08 bits per heavy atom. The number of benzene rings is 2. The number of aryl methyl sites for hydroxylation is 3. The first-order valence-corrected chi connectivity index (χ1v) is 9.07. The van der Waals surface area contributed by atoms with E-state index >= 15 is 0 Å². The number of carbonyl (C=O) groups is 1. The highest BCUT2D eigenvalue weighted by Crippen LogP contribution is 2.21. The van der Waals surface area contributed by atoms with Crippen LogP contribution < -0.4 is 10.1 Å². The summed E-state index contributed by atoms with van der Waals surface area (Å²) in [6.07, 6.45) is 1.15. The maximum Gasteiger partial charge on any atom is 0.261 e. The second-order valence-corrected chi connectivity index (χ2v) is 6.61. The molecule has 2 rings (SSSR count). The van der Waals surface area contributed by atoms with Crippen molar-refractivity contribution in [3.8, 4) is 5.75 Å². The van der Waals surface area contributed by atoms with Gasteiger partial charge in [0.15, 0.2) is 6.10 Å². The van der Waals surface area contributed by atoms with Crippen LogP contribution in [0.2, 0.25) is 0 Å². The largest absolute Gasteiger partial charge is 0.480 e. The molecule has 0 heterocycles. The minimum atomic E-state index is -0.487. The van der Waals surface area contributed by atoms with Crippen molar-refractivity contribution >= 4 is 5.91 Å². The molecule has 0 aliphatic heterocycles. The summed E-state index contributed by atoms with van der Waals surface area (Å²) in [5.74, 6) is 0.696. The molecule has 0 radical (unpaired) electrons. The molecule has 1 N–H and O–H groups in total. The fourth-order valence-electron chi connectivity index (χ4n) is 2.84. The monoisotopic (exact) mass is 339 g/mol. The average Bonchev–Trinajstić information content (AvgIpc) is 2.61. The summed E-state index contributed by atoms with van der Waals surface area (Å²) in [4.78, 5) is 12.6. The van der Waals surface area contributed by atoms with Crippen molar-refractivity contribution in [2.45, 2.75) is 59.6 Å². The van der Waals surface area contributed by atoms with Gasteiger partial charge in [-0.2, -0.15) is 0 Å². The van der Waals surface area contributed by atoms with E-state index in [0.29, 0.717) is 6.42 Å². The number of amides is 1. The molecule has 0 aliphatic rings. The van der Waals surface area contributed by atoms with Crippen molar-refractivity contribution in [1.29, 1.82) is 0 Å². The standard InChI is InChI=1S/C22H29NO2/c1-6-18-9-11-19(12-10-18)17(5)23-22(24)20(7-2)25-21-13-8-15(3)14-16(21)4/h8-14,17,20H,6-7H2,1-5H3,(H,23,24). The number of rotatable bonds is 7. The fraction of sp³-hybridized carbons (Fsp3) is 0.409. The lowest BCUT2D eigenvalue weighted by Gasteiger charge is -2.22. The van der Waals surface area contributed by atoms with E-state index in [-0.39, 0.29) is 11.9 Å². The molecule has 2 aromatic carbocycles. The van der Waals surface area contributed by atoms with Gasteiger partial charge in [-0.3, -0.25) is 4.79 Å². The van der Waals surface area contributed by atoms with Gasteiger partial charge in [0.1, 0.15) is 5.75 Å². The van der Waals surface area contributed by atoms with Gasteiger partial charge in [-0.25, -0.2) is 0 Å². The van der Waals surface area contributed by atoms with Crippen LogP contribution in [0, 0.1) is 13.8 Å². The quantitative estimate of drug-likeness (QED) is 0.779. The molecule has 0 spiro atoms. The molecular weight excluding hydrogens is 310 g/mol. The molecule has 25 heavy (non-hydrogen) atoms. The molecule has 0 saturated carbocycles. The Bertz CT molecular complexity index is 706. The zero-order valence-corrected chi connectivity index (χ0v) is 15.9. The summed E-state index contributed by atoms with van der Waals surface area (Å²) in [5.41, 5.74) is 4.64. The van der Waals surface area contributed by atoms with Gasteiger partial charge in [-0.15, -0.1) is 0 Å². The van der Waals surface area contributed by atoms with Crippen LogP contribution >= 0.6 is 0 Å². The van der Waals surface area contributed by atoms with Crippen molar-refractivity contribution in [3.63, 3.8) is 0 Å². The first-order valence-electron chi connectivity index (χ1n) is 9.07. The molecule has 0 saturated heterocycles. The van der Waals surface area contributed by atoms with Crippen LogP contribution in [-0.4, -0.2) is 12.0 Å². The van der Waals surface area contributed by atoms with Crippen molar-refractivity contribution in [2.24, 2.45) is 0 Å². The second kappa shape index (κ2) is 8.70. The topological polar surface area (TPSA) is 38.3 Å². The SMILES string of the molecule is CCc1ccc(C(C)NC(=O)C(CC)Oc2ccc(C)cc2C)cc1. The van der Waals surface area contributed by atoms with Crippen LogP contribution in [-0.2, 0) is 11.2 Å². The Morgan fingerprint density at radius 2 is 1.76 bits per heavy atom. The Balaban J connectivity index is 2.03. The molecule has 1 amide bonds. The van der Waals surface area contributed by atoms with Crippen molar-refractivity contribution < 1.29 is 9.53 Å². The maximum atomic E-state index is 12.6. The van der Waals surface area contributed by atoms with E-state index < -0.39 is 6.10 Å².